The molecule has 0 saturated heterocycles. The summed E-state index contributed by atoms with van der Waals surface area (Å²) >= 11 is 8.47. The molecule has 2 N–H and O–H groups in total. The van der Waals surface area contributed by atoms with Crippen LogP contribution in [-0.4, -0.2) is 15.5 Å². The van der Waals surface area contributed by atoms with Crippen LogP contribution in [0, 0.1) is 4.77 Å². The lowest BCUT2D eigenvalue weighted by molar-refractivity contribution is -0.116. The van der Waals surface area contributed by atoms with E-state index in [1.165, 1.54) is 0 Å². The van der Waals surface area contributed by atoms with Crippen molar-refractivity contribution in [3.63, 3.8) is 0 Å². The van der Waals surface area contributed by atoms with Crippen LogP contribution in [0.3, 0.4) is 0 Å². The summed E-state index contributed by atoms with van der Waals surface area (Å²) in [5.74, 6) is 0.0892. The van der Waals surface area contributed by atoms with E-state index in [9.17, 15) is 9.59 Å². The third-order valence-electron chi connectivity index (χ3n) is 3.63. The quantitative estimate of drug-likeness (QED) is 0.763. The molecule has 3 rings (SSSR count). The number of hydrogen-bond acceptors (Lipinski definition) is 3. The van der Waals surface area contributed by atoms with Gasteiger partial charge < -0.3 is 9.88 Å². The molecule has 1 aromatic heterocycles. The Hall–Kier alpha value is -1.73. The van der Waals surface area contributed by atoms with Gasteiger partial charge in [-0.05, 0) is 29.9 Å². The molecule has 1 atom stereocenters. The van der Waals surface area contributed by atoms with Gasteiger partial charge in [-0.3, -0.25) is 14.6 Å². The Morgan fingerprint density at radius 1 is 1.29 bits per heavy atom. The van der Waals surface area contributed by atoms with Crippen LogP contribution >= 0.6 is 28.1 Å². The Morgan fingerprint density at radius 2 is 1.95 bits per heavy atom. The van der Waals surface area contributed by atoms with E-state index in [1.54, 1.807) is 11.6 Å². The van der Waals surface area contributed by atoms with Crippen molar-refractivity contribution in [1.29, 1.82) is 0 Å². The number of anilines is 1. The number of carbonyl (C=O) groups is 1. The van der Waals surface area contributed by atoms with Gasteiger partial charge in [0.25, 0.3) is 5.56 Å². The molecule has 0 saturated carbocycles. The third kappa shape index (κ3) is 2.47. The first-order chi connectivity index (χ1) is 9.97. The highest BCUT2D eigenvalue weighted by molar-refractivity contribution is 9.10. The highest BCUT2D eigenvalue weighted by Crippen LogP contribution is 2.34. The van der Waals surface area contributed by atoms with Crippen LogP contribution < -0.4 is 10.9 Å². The minimum Gasteiger partial charge on any atom is -0.312 e. The van der Waals surface area contributed by atoms with Crippen molar-refractivity contribution >= 4 is 39.9 Å². The normalized spacial score (nSPS) is 17.2. The van der Waals surface area contributed by atoms with E-state index in [2.05, 4.69) is 26.2 Å². The number of halogens is 1. The van der Waals surface area contributed by atoms with Crippen molar-refractivity contribution in [2.45, 2.75) is 12.3 Å². The second-order valence-corrected chi connectivity index (χ2v) is 6.24. The van der Waals surface area contributed by atoms with E-state index in [-0.39, 0.29) is 28.6 Å². The first-order valence-electron chi connectivity index (χ1n) is 6.36. The minimum atomic E-state index is -0.271. The van der Waals surface area contributed by atoms with E-state index in [4.69, 9.17) is 12.2 Å². The van der Waals surface area contributed by atoms with Crippen LogP contribution in [0.5, 0.6) is 0 Å². The predicted octanol–water partition coefficient (Wildman–Crippen LogP) is 2.68. The van der Waals surface area contributed by atoms with Gasteiger partial charge in [-0.1, -0.05) is 28.1 Å². The van der Waals surface area contributed by atoms with Crippen molar-refractivity contribution in [3.05, 3.63) is 55.0 Å². The fourth-order valence-electron chi connectivity index (χ4n) is 2.56. The number of hydrogen-bond donors (Lipinski definition) is 2. The van der Waals surface area contributed by atoms with E-state index >= 15 is 0 Å². The Bertz CT molecular complexity index is 839. The monoisotopic (exact) mass is 365 g/mol. The van der Waals surface area contributed by atoms with Gasteiger partial charge in [0.15, 0.2) is 4.77 Å². The topological polar surface area (TPSA) is 66.9 Å². The fraction of sp³-hybridized carbons (Fsp3) is 0.214. The number of rotatable bonds is 1. The van der Waals surface area contributed by atoms with Crippen LogP contribution in [0.4, 0.5) is 5.82 Å². The summed E-state index contributed by atoms with van der Waals surface area (Å²) in [5.41, 5.74) is 1.23. The van der Waals surface area contributed by atoms with Crippen LogP contribution in [0.1, 0.15) is 23.5 Å². The summed E-state index contributed by atoms with van der Waals surface area (Å²) in [4.78, 5) is 26.9. The van der Waals surface area contributed by atoms with Crippen molar-refractivity contribution in [3.8, 4) is 0 Å². The maximum Gasteiger partial charge on any atom is 0.257 e. The van der Waals surface area contributed by atoms with Gasteiger partial charge >= 0.3 is 0 Å². The van der Waals surface area contributed by atoms with Crippen molar-refractivity contribution in [2.24, 2.45) is 7.05 Å². The molecule has 108 valence electrons. The Morgan fingerprint density at radius 3 is 2.62 bits per heavy atom. The maximum absolute atomic E-state index is 12.3. The summed E-state index contributed by atoms with van der Waals surface area (Å²) in [7, 11) is 1.72. The second kappa shape index (κ2) is 5.23. The Kier molecular flexibility index (Phi) is 3.54. The van der Waals surface area contributed by atoms with Crippen LogP contribution in [-0.2, 0) is 11.8 Å². The Balaban J connectivity index is 2.25. The number of nitrogens with one attached hydrogen (secondary N) is 2. The second-order valence-electron chi connectivity index (χ2n) is 4.94. The van der Waals surface area contributed by atoms with Crippen molar-refractivity contribution < 1.29 is 4.79 Å². The van der Waals surface area contributed by atoms with Gasteiger partial charge in [0.05, 0.1) is 5.56 Å². The standard InChI is InChI=1S/C14H12BrN3O2S/c1-18-12-11(13(20)17-14(18)21)9(6-10(19)16-12)7-2-4-8(15)5-3-7/h2-5,9H,6H2,1H3,(H,16,19)(H,17,20,21). The lowest BCUT2D eigenvalue weighted by atomic mass is 9.87. The summed E-state index contributed by atoms with van der Waals surface area (Å²) < 4.78 is 2.86. The molecule has 0 radical (unpaired) electrons. The average molecular weight is 366 g/mol. The summed E-state index contributed by atoms with van der Waals surface area (Å²) in [5, 5.41) is 2.75. The molecule has 5 nitrogen and oxygen atoms in total. The number of H-pyrrole nitrogens is 1. The summed E-state index contributed by atoms with van der Waals surface area (Å²) in [6, 6.07) is 7.63. The molecule has 7 heteroatoms. The van der Waals surface area contributed by atoms with E-state index in [0.717, 1.165) is 10.0 Å². The van der Waals surface area contributed by atoms with E-state index in [0.29, 0.717) is 11.4 Å². The number of benzene rings is 1. The van der Waals surface area contributed by atoms with Gasteiger partial charge in [-0.15, -0.1) is 0 Å². The Labute approximate surface area is 134 Å². The number of amides is 1. The van der Waals surface area contributed by atoms with Gasteiger partial charge in [0.2, 0.25) is 5.91 Å². The van der Waals surface area contributed by atoms with Crippen molar-refractivity contribution in [2.75, 3.05) is 5.32 Å². The fourth-order valence-corrected chi connectivity index (χ4v) is 3.01. The zero-order valence-electron chi connectivity index (χ0n) is 11.1. The molecule has 1 unspecified atom stereocenters. The summed E-state index contributed by atoms with van der Waals surface area (Å²) in [6.07, 6.45) is 0.245. The largest absolute Gasteiger partial charge is 0.312 e. The molecule has 1 amide bonds. The minimum absolute atomic E-state index is 0.119. The molecule has 0 spiro atoms. The first kappa shape index (κ1) is 14.2. The van der Waals surface area contributed by atoms with Crippen LogP contribution in [0.15, 0.2) is 33.5 Å². The highest BCUT2D eigenvalue weighted by Gasteiger charge is 2.30. The average Bonchev–Trinajstić information content (AvgIpc) is 2.44. The molecule has 2 aromatic rings. The van der Waals surface area contributed by atoms with E-state index in [1.807, 2.05) is 24.3 Å². The molecule has 0 fully saturated rings. The van der Waals surface area contributed by atoms with Gasteiger partial charge in [-0.25, -0.2) is 0 Å². The number of aromatic nitrogens is 2. The zero-order valence-corrected chi connectivity index (χ0v) is 13.5. The predicted molar refractivity (Wildman–Crippen MR) is 86.1 cm³/mol. The van der Waals surface area contributed by atoms with Crippen molar-refractivity contribution in [1.82, 2.24) is 9.55 Å². The highest BCUT2D eigenvalue weighted by atomic mass is 79.9. The number of carbonyl (C=O) groups excluding carboxylic acids is 1. The number of aromatic amines is 1. The molecule has 1 aliphatic rings. The molecule has 21 heavy (non-hydrogen) atoms. The number of nitrogens with zero attached hydrogens (tertiary/aromatic N) is 1. The maximum atomic E-state index is 12.3. The van der Waals surface area contributed by atoms with Gasteiger partial charge in [0.1, 0.15) is 5.82 Å². The molecule has 2 heterocycles. The lowest BCUT2D eigenvalue weighted by Gasteiger charge is -2.26. The molecule has 0 bridgehead atoms. The van der Waals surface area contributed by atoms with Crippen LogP contribution in [0.2, 0.25) is 0 Å². The SMILES string of the molecule is Cn1c2c(c(=O)[nH]c1=S)C(c1ccc(Br)cc1)CC(=O)N2. The number of fused-ring (bicyclic) bond motifs is 1. The van der Waals surface area contributed by atoms with Gasteiger partial charge in [-0.2, -0.15) is 0 Å². The third-order valence-corrected chi connectivity index (χ3v) is 4.53. The zero-order chi connectivity index (χ0) is 15.1. The lowest BCUT2D eigenvalue weighted by Crippen LogP contribution is -2.33. The molecule has 0 aliphatic carbocycles. The van der Waals surface area contributed by atoms with Crippen LogP contribution in [0.25, 0.3) is 0 Å². The van der Waals surface area contributed by atoms with Gasteiger partial charge in [0, 0.05) is 23.9 Å². The first-order valence-corrected chi connectivity index (χ1v) is 7.56. The molecular weight excluding hydrogens is 354 g/mol. The summed E-state index contributed by atoms with van der Waals surface area (Å²) in [6.45, 7) is 0. The molecule has 1 aliphatic heterocycles. The molecule has 1 aromatic carbocycles. The smallest absolute Gasteiger partial charge is 0.257 e. The van der Waals surface area contributed by atoms with E-state index < -0.39 is 0 Å². The molecular formula is C14H12BrN3O2S.